The van der Waals surface area contributed by atoms with Gasteiger partial charge in [-0.3, -0.25) is 19.7 Å². The van der Waals surface area contributed by atoms with Crippen molar-refractivity contribution < 1.29 is 14.5 Å². The molecule has 7 nitrogen and oxygen atoms in total. The summed E-state index contributed by atoms with van der Waals surface area (Å²) in [4.78, 5) is 35.7. The topological polar surface area (TPSA) is 92.9 Å². The minimum atomic E-state index is -0.480. The monoisotopic (exact) mass is 337 g/mol. The number of nitro groups is 1. The fourth-order valence-electron chi connectivity index (χ4n) is 4.98. The number of amides is 2. The summed E-state index contributed by atoms with van der Waals surface area (Å²) >= 11 is 0. The van der Waals surface area contributed by atoms with E-state index in [-0.39, 0.29) is 46.6 Å². The molecule has 7 heteroatoms. The average molecular weight is 337 g/mol. The molecule has 1 aliphatic heterocycles. The largest absolute Gasteiger partial charge is 0.272 e. The highest BCUT2D eigenvalue weighted by Gasteiger charge is 2.73. The zero-order valence-electron chi connectivity index (χ0n) is 13.2. The Labute approximate surface area is 143 Å². The molecular formula is C18H15N3O4. The fourth-order valence-corrected chi connectivity index (χ4v) is 4.98. The molecule has 0 radical (unpaired) electrons. The smallest absolute Gasteiger partial charge is 0.269 e. The summed E-state index contributed by atoms with van der Waals surface area (Å²) in [6, 6.07) is 5.81. The summed E-state index contributed by atoms with van der Waals surface area (Å²) in [6.45, 7) is 0. The lowest BCUT2D eigenvalue weighted by atomic mass is 9.85. The second kappa shape index (κ2) is 4.62. The highest BCUT2D eigenvalue weighted by atomic mass is 16.6. The van der Waals surface area contributed by atoms with E-state index in [2.05, 4.69) is 17.3 Å². The highest BCUT2D eigenvalue weighted by Crippen LogP contribution is 2.73. The Morgan fingerprint density at radius 1 is 1.08 bits per heavy atom. The molecule has 4 unspecified atom stereocenters. The second-order valence-electron chi connectivity index (χ2n) is 7.30. The van der Waals surface area contributed by atoms with Crippen molar-refractivity contribution >= 4 is 23.7 Å². The predicted octanol–water partition coefficient (Wildman–Crippen LogP) is 2.13. The number of imide groups is 1. The number of fused-ring (bicyclic) bond motifs is 3. The van der Waals surface area contributed by atoms with Gasteiger partial charge in [0, 0.05) is 12.1 Å². The predicted molar refractivity (Wildman–Crippen MR) is 87.3 cm³/mol. The first-order valence-electron chi connectivity index (χ1n) is 8.37. The average Bonchev–Trinajstić information content (AvgIpc) is 3.20. The quantitative estimate of drug-likeness (QED) is 0.278. The third-order valence-electron chi connectivity index (χ3n) is 6.26. The number of benzene rings is 1. The second-order valence-corrected chi connectivity index (χ2v) is 7.30. The number of allylic oxidation sites excluding steroid dienone is 2. The number of nitro benzene ring substituents is 1. The minimum Gasteiger partial charge on any atom is -0.272 e. The first-order chi connectivity index (χ1) is 12.0. The maximum absolute atomic E-state index is 12.7. The molecule has 1 heterocycles. The molecule has 2 bridgehead atoms. The lowest BCUT2D eigenvalue weighted by Gasteiger charge is -2.18. The third kappa shape index (κ3) is 1.78. The van der Waals surface area contributed by atoms with E-state index in [0.717, 1.165) is 17.9 Å². The van der Waals surface area contributed by atoms with E-state index in [0.29, 0.717) is 5.56 Å². The molecule has 1 saturated heterocycles. The minimum absolute atomic E-state index is 0.0163. The van der Waals surface area contributed by atoms with Gasteiger partial charge in [0.1, 0.15) is 0 Å². The van der Waals surface area contributed by atoms with Crippen molar-refractivity contribution in [2.75, 3.05) is 0 Å². The normalized spacial score (nSPS) is 33.7. The van der Waals surface area contributed by atoms with Crippen molar-refractivity contribution in [3.63, 3.8) is 0 Å². The van der Waals surface area contributed by atoms with Crippen LogP contribution < -0.4 is 0 Å². The van der Waals surface area contributed by atoms with Crippen LogP contribution in [0, 0.1) is 39.2 Å². The van der Waals surface area contributed by atoms with Gasteiger partial charge in [-0.15, -0.1) is 0 Å². The van der Waals surface area contributed by atoms with Gasteiger partial charge in [-0.2, -0.15) is 10.1 Å². The fraction of sp³-hybridized carbons (Fsp3) is 0.389. The van der Waals surface area contributed by atoms with E-state index in [1.165, 1.54) is 30.5 Å². The van der Waals surface area contributed by atoms with Crippen molar-refractivity contribution in [3.8, 4) is 0 Å². The van der Waals surface area contributed by atoms with Gasteiger partial charge in [0.05, 0.1) is 23.0 Å². The molecule has 2 saturated carbocycles. The lowest BCUT2D eigenvalue weighted by molar-refractivity contribution is -0.384. The van der Waals surface area contributed by atoms with Crippen LogP contribution in [0.4, 0.5) is 5.69 Å². The molecule has 4 aliphatic rings. The molecule has 25 heavy (non-hydrogen) atoms. The summed E-state index contributed by atoms with van der Waals surface area (Å²) < 4.78 is 0. The summed E-state index contributed by atoms with van der Waals surface area (Å²) in [6.07, 6.45) is 7.85. The van der Waals surface area contributed by atoms with Crippen molar-refractivity contribution in [3.05, 3.63) is 52.1 Å². The zero-order valence-corrected chi connectivity index (χ0v) is 13.2. The number of hydrogen-bond acceptors (Lipinski definition) is 5. The molecule has 3 aliphatic carbocycles. The van der Waals surface area contributed by atoms with Crippen molar-refractivity contribution in [1.29, 1.82) is 0 Å². The van der Waals surface area contributed by atoms with E-state index in [1.807, 2.05) is 0 Å². The van der Waals surface area contributed by atoms with Gasteiger partial charge in [0.15, 0.2) is 0 Å². The molecule has 126 valence electrons. The van der Waals surface area contributed by atoms with Crippen LogP contribution in [0.2, 0.25) is 0 Å². The number of nitrogens with zero attached hydrogens (tertiary/aromatic N) is 3. The Bertz CT molecular complexity index is 835. The number of carbonyl (C=O) groups excluding carboxylic acids is 2. The highest BCUT2D eigenvalue weighted by molar-refractivity contribution is 6.07. The SMILES string of the molecule is O=C1C2C(C(=O)N1N=Cc1ccc([N+](=O)[O-])cc1)C1C=CC2C12CC2. The molecule has 0 N–H and O–H groups in total. The Morgan fingerprint density at radius 3 is 2.12 bits per heavy atom. The van der Waals surface area contributed by atoms with Crippen LogP contribution in [0.1, 0.15) is 18.4 Å². The Morgan fingerprint density at radius 2 is 1.64 bits per heavy atom. The number of rotatable bonds is 3. The summed E-state index contributed by atoms with van der Waals surface area (Å²) in [7, 11) is 0. The maximum atomic E-state index is 12.7. The van der Waals surface area contributed by atoms with Gasteiger partial charge in [0.2, 0.25) is 0 Å². The van der Waals surface area contributed by atoms with Gasteiger partial charge in [-0.1, -0.05) is 12.2 Å². The molecule has 1 spiro atoms. The van der Waals surface area contributed by atoms with Crippen molar-refractivity contribution in [1.82, 2.24) is 5.01 Å². The standard InChI is InChI=1S/C18H15N3O4/c22-16-14-12-5-6-13(18(12)7-8-18)15(14)17(23)20(16)19-9-10-1-3-11(4-2-10)21(24)25/h1-6,9,12-15H,7-8H2. The van der Waals surface area contributed by atoms with Crippen LogP contribution in [-0.4, -0.2) is 28.0 Å². The summed E-state index contributed by atoms with van der Waals surface area (Å²) in [5.74, 6) is -0.595. The molecule has 0 aromatic heterocycles. The van der Waals surface area contributed by atoms with E-state index in [9.17, 15) is 19.7 Å². The van der Waals surface area contributed by atoms with Crippen molar-refractivity contribution in [2.24, 2.45) is 34.2 Å². The molecule has 2 amide bonds. The summed E-state index contributed by atoms with van der Waals surface area (Å²) in [5.41, 5.74) is 0.759. The Kier molecular flexibility index (Phi) is 2.68. The molecule has 5 rings (SSSR count). The van der Waals surface area contributed by atoms with E-state index < -0.39 is 4.92 Å². The molecule has 1 aromatic rings. The van der Waals surface area contributed by atoms with Gasteiger partial charge in [-0.05, 0) is 47.8 Å². The van der Waals surface area contributed by atoms with Crippen LogP contribution in [0.15, 0.2) is 41.5 Å². The van der Waals surface area contributed by atoms with Crippen LogP contribution in [-0.2, 0) is 9.59 Å². The van der Waals surface area contributed by atoms with Crippen LogP contribution in [0.3, 0.4) is 0 Å². The molecule has 3 fully saturated rings. The summed E-state index contributed by atoms with van der Waals surface area (Å²) in [5, 5.41) is 15.8. The first-order valence-corrected chi connectivity index (χ1v) is 8.37. The Hall–Kier alpha value is -2.83. The molecule has 1 aromatic carbocycles. The van der Waals surface area contributed by atoms with E-state index in [1.54, 1.807) is 0 Å². The van der Waals surface area contributed by atoms with Gasteiger partial charge >= 0.3 is 0 Å². The van der Waals surface area contributed by atoms with Crippen LogP contribution in [0.5, 0.6) is 0 Å². The lowest BCUT2D eigenvalue weighted by Crippen LogP contribution is -2.30. The van der Waals surface area contributed by atoms with Gasteiger partial charge in [-0.25, -0.2) is 0 Å². The van der Waals surface area contributed by atoms with E-state index in [4.69, 9.17) is 0 Å². The van der Waals surface area contributed by atoms with Gasteiger partial charge < -0.3 is 0 Å². The molecule has 4 atom stereocenters. The van der Waals surface area contributed by atoms with Crippen LogP contribution >= 0.6 is 0 Å². The van der Waals surface area contributed by atoms with Gasteiger partial charge in [0.25, 0.3) is 17.5 Å². The van der Waals surface area contributed by atoms with Crippen molar-refractivity contribution in [2.45, 2.75) is 12.8 Å². The van der Waals surface area contributed by atoms with Crippen LogP contribution in [0.25, 0.3) is 0 Å². The maximum Gasteiger partial charge on any atom is 0.269 e. The third-order valence-corrected chi connectivity index (χ3v) is 6.26. The van der Waals surface area contributed by atoms with E-state index >= 15 is 0 Å². The Balaban J connectivity index is 1.39. The number of non-ortho nitro benzene ring substituents is 1. The number of hydrazone groups is 1. The molecular weight excluding hydrogens is 322 g/mol. The number of hydrogen-bond donors (Lipinski definition) is 0. The first kappa shape index (κ1) is 14.5. The zero-order chi connectivity index (χ0) is 17.3. The number of carbonyl (C=O) groups is 2.